The van der Waals surface area contributed by atoms with Crippen molar-refractivity contribution in [3.8, 4) is 6.07 Å². The molecule has 0 radical (unpaired) electrons. The fourth-order valence-electron chi connectivity index (χ4n) is 3.23. The summed E-state index contributed by atoms with van der Waals surface area (Å²) in [6.45, 7) is 1.10. The second-order valence-corrected chi connectivity index (χ2v) is 6.85. The van der Waals surface area contributed by atoms with E-state index >= 15 is 0 Å². The number of amides is 1. The van der Waals surface area contributed by atoms with Crippen LogP contribution in [0.1, 0.15) is 33.0 Å². The number of aromatic nitrogens is 2. The number of anilines is 1. The lowest BCUT2D eigenvalue weighted by molar-refractivity contribution is -0.141. The Morgan fingerprint density at radius 1 is 1.42 bits per heavy atom. The summed E-state index contributed by atoms with van der Waals surface area (Å²) in [5.41, 5.74) is 6.91. The molecule has 160 valence electrons. The number of carbonyl (C=O) groups is 1. The average molecular weight is 429 g/mol. The van der Waals surface area contributed by atoms with Crippen molar-refractivity contribution < 1.29 is 18.0 Å². The van der Waals surface area contributed by atoms with Crippen molar-refractivity contribution in [2.75, 3.05) is 11.9 Å². The molecule has 0 unspecified atom stereocenters. The highest BCUT2D eigenvalue weighted by Crippen LogP contribution is 2.30. The monoisotopic (exact) mass is 429 g/mol. The van der Waals surface area contributed by atoms with Crippen molar-refractivity contribution in [2.24, 2.45) is 5.73 Å². The Bertz CT molecular complexity index is 1090. The molecule has 11 heteroatoms. The number of primary amides is 1. The number of carbonyl (C=O) groups excluding carboxylic acids is 1. The second-order valence-electron chi connectivity index (χ2n) is 6.85. The summed E-state index contributed by atoms with van der Waals surface area (Å²) in [6.07, 6.45) is -0.642. The van der Waals surface area contributed by atoms with Crippen LogP contribution in [0.4, 0.5) is 18.9 Å². The number of fused-ring (bicyclic) bond motifs is 1. The fraction of sp³-hybridized carbons (Fsp3) is 0.250. The molecule has 2 aromatic heterocycles. The number of allylic oxidation sites excluding steroid dienone is 1. The van der Waals surface area contributed by atoms with Crippen LogP contribution in [0.2, 0.25) is 0 Å². The molecule has 0 atom stereocenters. The van der Waals surface area contributed by atoms with Crippen molar-refractivity contribution in [3.05, 3.63) is 64.4 Å². The van der Waals surface area contributed by atoms with Crippen LogP contribution in [-0.4, -0.2) is 33.5 Å². The number of nitrogens with one attached hydrogen (secondary N) is 2. The lowest BCUT2D eigenvalue weighted by Crippen LogP contribution is -2.32. The van der Waals surface area contributed by atoms with E-state index < -0.39 is 17.8 Å². The average Bonchev–Trinajstić information content (AvgIpc) is 2.73. The van der Waals surface area contributed by atoms with Gasteiger partial charge in [0, 0.05) is 43.9 Å². The van der Waals surface area contributed by atoms with Crippen molar-refractivity contribution >= 4 is 17.8 Å². The summed E-state index contributed by atoms with van der Waals surface area (Å²) in [5, 5.41) is 19.1. The Labute approximate surface area is 175 Å². The van der Waals surface area contributed by atoms with Gasteiger partial charge in [0.1, 0.15) is 17.5 Å². The largest absolute Gasteiger partial charge is 0.433 e. The van der Waals surface area contributed by atoms with Crippen LogP contribution in [-0.2, 0) is 25.7 Å². The first-order valence-corrected chi connectivity index (χ1v) is 9.15. The molecule has 0 saturated carbocycles. The maximum absolute atomic E-state index is 12.9. The van der Waals surface area contributed by atoms with Gasteiger partial charge >= 0.3 is 6.18 Å². The van der Waals surface area contributed by atoms with Crippen LogP contribution in [0.3, 0.4) is 0 Å². The van der Waals surface area contributed by atoms with Gasteiger partial charge in [0.25, 0.3) is 5.91 Å². The summed E-state index contributed by atoms with van der Waals surface area (Å²) >= 11 is 0. The predicted octanol–water partition coefficient (Wildman–Crippen LogP) is 2.62. The molecule has 3 heterocycles. The van der Waals surface area contributed by atoms with E-state index in [1.807, 2.05) is 11.0 Å². The van der Waals surface area contributed by atoms with Gasteiger partial charge in [-0.1, -0.05) is 0 Å². The smallest absolute Gasteiger partial charge is 0.364 e. The molecule has 1 amide bonds. The molecule has 1 aliphatic heterocycles. The van der Waals surface area contributed by atoms with E-state index in [9.17, 15) is 18.0 Å². The van der Waals surface area contributed by atoms with Crippen LogP contribution in [0.5, 0.6) is 0 Å². The van der Waals surface area contributed by atoms with Crippen LogP contribution < -0.4 is 11.1 Å². The second kappa shape index (κ2) is 8.93. The van der Waals surface area contributed by atoms with Gasteiger partial charge in [0.2, 0.25) is 0 Å². The maximum Gasteiger partial charge on any atom is 0.433 e. The van der Waals surface area contributed by atoms with E-state index in [0.717, 1.165) is 24.0 Å². The summed E-state index contributed by atoms with van der Waals surface area (Å²) in [5.74, 6) is -0.733. The number of rotatable bonds is 6. The molecule has 3 rings (SSSR count). The Morgan fingerprint density at radius 3 is 2.84 bits per heavy atom. The number of hydrogen-bond donors (Lipinski definition) is 3. The van der Waals surface area contributed by atoms with Crippen LogP contribution in [0.25, 0.3) is 0 Å². The normalized spacial score (nSPS) is 14.5. The topological polar surface area (TPSA) is 132 Å². The van der Waals surface area contributed by atoms with E-state index in [1.54, 1.807) is 0 Å². The highest BCUT2D eigenvalue weighted by Gasteiger charge is 2.32. The molecule has 0 aliphatic carbocycles. The van der Waals surface area contributed by atoms with Crippen LogP contribution in [0, 0.1) is 16.7 Å². The minimum atomic E-state index is -4.52. The molecular weight excluding hydrogens is 411 g/mol. The third-order valence-electron chi connectivity index (χ3n) is 4.70. The zero-order valence-electron chi connectivity index (χ0n) is 16.2. The predicted molar refractivity (Wildman–Crippen MR) is 106 cm³/mol. The van der Waals surface area contributed by atoms with Crippen molar-refractivity contribution in [1.82, 2.24) is 14.9 Å². The van der Waals surface area contributed by atoms with E-state index in [-0.39, 0.29) is 17.8 Å². The molecule has 0 fully saturated rings. The third kappa shape index (κ3) is 5.23. The van der Waals surface area contributed by atoms with Crippen molar-refractivity contribution in [3.63, 3.8) is 0 Å². The molecule has 4 N–H and O–H groups in total. The molecule has 31 heavy (non-hydrogen) atoms. The summed E-state index contributed by atoms with van der Waals surface area (Å²) in [6, 6.07) is 5.86. The highest BCUT2D eigenvalue weighted by atomic mass is 19.4. The van der Waals surface area contributed by atoms with Crippen LogP contribution in [0.15, 0.2) is 36.2 Å². The van der Waals surface area contributed by atoms with Gasteiger partial charge in [-0.2, -0.15) is 18.4 Å². The van der Waals surface area contributed by atoms with Gasteiger partial charge in [0.15, 0.2) is 0 Å². The van der Waals surface area contributed by atoms with Gasteiger partial charge in [-0.15, -0.1) is 0 Å². The Balaban J connectivity index is 1.86. The van der Waals surface area contributed by atoms with Crippen LogP contribution >= 0.6 is 0 Å². The van der Waals surface area contributed by atoms with Gasteiger partial charge in [-0.25, -0.2) is 4.98 Å². The summed E-state index contributed by atoms with van der Waals surface area (Å²) in [7, 11) is 0. The van der Waals surface area contributed by atoms with E-state index in [1.165, 1.54) is 18.3 Å². The molecular formula is C20H18F3N7O. The number of halogens is 3. The maximum atomic E-state index is 12.9. The quantitative estimate of drug-likeness (QED) is 0.478. The molecule has 8 nitrogen and oxygen atoms in total. The highest BCUT2D eigenvalue weighted by molar-refractivity contribution is 5.92. The zero-order valence-corrected chi connectivity index (χ0v) is 16.2. The number of nitrogens with zero attached hydrogens (tertiary/aromatic N) is 4. The zero-order chi connectivity index (χ0) is 22.6. The molecule has 0 spiro atoms. The molecule has 2 aromatic rings. The number of nitrogens with two attached hydrogens (primary N) is 1. The van der Waals surface area contributed by atoms with Gasteiger partial charge in [-0.05, 0) is 35.7 Å². The lowest BCUT2D eigenvalue weighted by atomic mass is 10.0. The van der Waals surface area contributed by atoms with E-state index in [0.29, 0.717) is 36.5 Å². The number of pyridine rings is 2. The Morgan fingerprint density at radius 2 is 2.19 bits per heavy atom. The lowest BCUT2D eigenvalue weighted by Gasteiger charge is -2.29. The fourth-order valence-corrected chi connectivity index (χ4v) is 3.23. The van der Waals surface area contributed by atoms with Crippen molar-refractivity contribution in [2.45, 2.75) is 25.7 Å². The van der Waals surface area contributed by atoms with Gasteiger partial charge in [0.05, 0.1) is 11.3 Å². The Hall–Kier alpha value is -3.78. The van der Waals surface area contributed by atoms with Gasteiger partial charge < -0.3 is 16.5 Å². The minimum absolute atomic E-state index is 0.0214. The van der Waals surface area contributed by atoms with Crippen molar-refractivity contribution in [1.29, 1.82) is 10.7 Å². The molecule has 0 bridgehead atoms. The number of alkyl halides is 3. The summed E-state index contributed by atoms with van der Waals surface area (Å²) < 4.78 is 38.7. The molecule has 0 saturated heterocycles. The van der Waals surface area contributed by atoms with Gasteiger partial charge in [-0.3, -0.25) is 14.7 Å². The first-order valence-electron chi connectivity index (χ1n) is 9.15. The Kier molecular flexibility index (Phi) is 6.31. The SMILES string of the molecule is N#C/C(C=N)=C/Nc1cc(C(N)=O)nc2c1CCN(Cc1ccnc(C(F)(F)F)c1)C2. The first-order chi connectivity index (χ1) is 14.7. The van der Waals surface area contributed by atoms with E-state index in [2.05, 4.69) is 15.3 Å². The number of nitriles is 1. The first kappa shape index (κ1) is 21.9. The molecule has 1 aliphatic rings. The van der Waals surface area contributed by atoms with E-state index in [4.69, 9.17) is 16.4 Å². The number of hydrogen-bond acceptors (Lipinski definition) is 7. The minimum Gasteiger partial charge on any atom is -0.364 e. The molecule has 0 aromatic carbocycles. The standard InChI is InChI=1S/C20H18F3N7O/c21-20(22,23)18-5-12(1-3-27-18)10-30-4-2-14-15(28-9-13(7-24)8-25)6-16(19(26)31)29-17(14)11-30/h1,3,5-7,9,24H,2,4,10-11H2,(H2,26,31)(H,28,29)/b13-9+,24-7?. The summed E-state index contributed by atoms with van der Waals surface area (Å²) in [4.78, 5) is 21.3. The third-order valence-corrected chi connectivity index (χ3v) is 4.70.